The van der Waals surface area contributed by atoms with Crippen LogP contribution in [0.5, 0.6) is 23.0 Å². The van der Waals surface area contributed by atoms with E-state index in [1.807, 2.05) is 0 Å². The minimum Gasteiger partial charge on any atom is -0.493 e. The molecule has 0 radical (unpaired) electrons. The van der Waals surface area contributed by atoms with Crippen molar-refractivity contribution in [2.24, 2.45) is 0 Å². The number of hydrogen-bond acceptors (Lipinski definition) is 8. The number of H-pyrrole nitrogens is 1. The van der Waals surface area contributed by atoms with Crippen LogP contribution < -0.4 is 29.6 Å². The molecule has 3 aliphatic rings. The molecular weight excluding hydrogens is 611 g/mol. The molecule has 4 bridgehead atoms. The summed E-state index contributed by atoms with van der Waals surface area (Å²) < 4.78 is 62.4. The average molecular weight is 640 g/mol. The van der Waals surface area contributed by atoms with Gasteiger partial charge in [0.05, 0.1) is 37.8 Å². The van der Waals surface area contributed by atoms with Crippen molar-refractivity contribution < 1.29 is 46.5 Å². The number of halogens is 3. The van der Waals surface area contributed by atoms with Crippen LogP contribution in [0.1, 0.15) is 32.1 Å². The molecule has 1 aromatic heterocycles. The van der Waals surface area contributed by atoms with Crippen LogP contribution in [0.3, 0.4) is 0 Å². The molecule has 0 spiro atoms. The Bertz CT molecular complexity index is 1830. The Hall–Kier alpha value is -5.47. The summed E-state index contributed by atoms with van der Waals surface area (Å²) in [6.45, 7) is -0.0855. The number of benzene rings is 3. The van der Waals surface area contributed by atoms with Gasteiger partial charge in [0.2, 0.25) is 5.82 Å². The molecule has 46 heavy (non-hydrogen) atoms. The molecular formula is C31H28F3N5O7. The highest BCUT2D eigenvalue weighted by Gasteiger charge is 2.39. The molecule has 4 aromatic rings. The van der Waals surface area contributed by atoms with Crippen molar-refractivity contribution in [1.82, 2.24) is 25.5 Å². The maximum atomic E-state index is 13.6. The summed E-state index contributed by atoms with van der Waals surface area (Å²) in [5.41, 5.74) is 1.18. The number of aromatic nitrogens is 2. The molecule has 4 heterocycles. The van der Waals surface area contributed by atoms with Crippen molar-refractivity contribution in [3.05, 3.63) is 77.1 Å². The number of nitrogens with one attached hydrogen (secondary N) is 3. The number of nitrogens with zero attached hydrogens (tertiary/aromatic N) is 2. The first-order valence-electron chi connectivity index (χ1n) is 14.1. The quantitative estimate of drug-likeness (QED) is 0.310. The normalized spacial score (nSPS) is 18.6. The lowest BCUT2D eigenvalue weighted by Gasteiger charge is -2.22. The predicted molar refractivity (Wildman–Crippen MR) is 156 cm³/mol. The van der Waals surface area contributed by atoms with E-state index in [9.17, 15) is 27.6 Å². The number of carbonyl (C=O) groups excluding carboxylic acids is 3. The van der Waals surface area contributed by atoms with Crippen molar-refractivity contribution in [3.8, 4) is 23.0 Å². The lowest BCUT2D eigenvalue weighted by molar-refractivity contribution is -0.144. The highest BCUT2D eigenvalue weighted by Crippen LogP contribution is 2.33. The summed E-state index contributed by atoms with van der Waals surface area (Å²) in [5.74, 6) is -1.34. The van der Waals surface area contributed by atoms with Gasteiger partial charge in [-0.15, -0.1) is 0 Å². The molecule has 1 fully saturated rings. The highest BCUT2D eigenvalue weighted by molar-refractivity contribution is 5.98. The van der Waals surface area contributed by atoms with Crippen LogP contribution >= 0.6 is 0 Å². The lowest BCUT2D eigenvalue weighted by Crippen LogP contribution is -2.45. The number of ether oxygens (including phenoxy) is 4. The van der Waals surface area contributed by atoms with Crippen molar-refractivity contribution in [1.29, 1.82) is 0 Å². The zero-order chi connectivity index (χ0) is 32.6. The Morgan fingerprint density at radius 2 is 1.78 bits per heavy atom. The van der Waals surface area contributed by atoms with Crippen molar-refractivity contribution in [2.45, 2.75) is 24.9 Å². The number of aromatic amines is 1. The van der Waals surface area contributed by atoms with E-state index in [4.69, 9.17) is 18.9 Å². The molecule has 15 heteroatoms. The third kappa shape index (κ3) is 6.20. The van der Waals surface area contributed by atoms with Gasteiger partial charge in [-0.25, -0.2) is 4.98 Å². The second kappa shape index (κ2) is 12.1. The molecule has 0 aliphatic carbocycles. The number of carbonyl (C=O) groups is 3. The Labute approximate surface area is 259 Å². The first-order chi connectivity index (χ1) is 22.0. The molecule has 3 aromatic carbocycles. The predicted octanol–water partition coefficient (Wildman–Crippen LogP) is 3.31. The Balaban J connectivity index is 1.32. The first-order valence-corrected chi connectivity index (χ1v) is 14.1. The van der Waals surface area contributed by atoms with Gasteiger partial charge in [-0.3, -0.25) is 14.4 Å². The Morgan fingerprint density at radius 1 is 0.978 bits per heavy atom. The van der Waals surface area contributed by atoms with E-state index in [-0.39, 0.29) is 54.2 Å². The summed E-state index contributed by atoms with van der Waals surface area (Å²) in [5, 5.41) is 5.69. The van der Waals surface area contributed by atoms with Gasteiger partial charge in [0.25, 0.3) is 17.7 Å². The second-order valence-electron chi connectivity index (χ2n) is 10.7. The number of amides is 3. The van der Waals surface area contributed by atoms with Gasteiger partial charge in [-0.2, -0.15) is 13.2 Å². The third-order valence-electron chi connectivity index (χ3n) is 7.65. The molecule has 3 N–H and O–H groups in total. The first kappa shape index (κ1) is 30.6. The fraction of sp³-hybridized carbons (Fsp3) is 0.290. The molecule has 0 saturated carbocycles. The Kier molecular flexibility index (Phi) is 8.06. The largest absolute Gasteiger partial charge is 0.493 e. The van der Waals surface area contributed by atoms with Crippen LogP contribution in [-0.4, -0.2) is 78.7 Å². The standard InChI is InChI=1S/C31H28F3N5O7/c1-43-22-8-5-17-11-25(22)45-15-27(40)35-12-16-3-7-23(24(9-16)44-2)46-26-14-39(13-21(26)36-28(17)41)29(42)18-4-6-19-20(10-18)38-30(37-19)31(32,33)34/h3-11,21,26H,12-15H2,1-2H3,(H,35,40)(H,36,41)(H,37,38)/t21-,26-/m0/s1. The monoisotopic (exact) mass is 639 g/mol. The maximum absolute atomic E-state index is 13.6. The molecule has 0 unspecified atom stereocenters. The fourth-order valence-corrected chi connectivity index (χ4v) is 5.32. The smallest absolute Gasteiger partial charge is 0.449 e. The second-order valence-corrected chi connectivity index (χ2v) is 10.7. The zero-order valence-electron chi connectivity index (χ0n) is 24.6. The number of imidazole rings is 1. The van der Waals surface area contributed by atoms with Crippen LogP contribution in [-0.2, 0) is 17.5 Å². The number of fused-ring (bicyclic) bond motifs is 8. The minimum atomic E-state index is -4.67. The van der Waals surface area contributed by atoms with Crippen molar-refractivity contribution in [2.75, 3.05) is 33.9 Å². The Morgan fingerprint density at radius 3 is 2.54 bits per heavy atom. The van der Waals surface area contributed by atoms with Gasteiger partial charge in [-0.1, -0.05) is 6.07 Å². The maximum Gasteiger partial charge on any atom is 0.449 e. The minimum absolute atomic E-state index is 0.0301. The summed E-state index contributed by atoms with van der Waals surface area (Å²) in [7, 11) is 2.89. The van der Waals surface area contributed by atoms with Crippen LogP contribution in [0.25, 0.3) is 11.0 Å². The molecule has 1 saturated heterocycles. The average Bonchev–Trinajstić information content (AvgIpc) is 3.66. The fourth-order valence-electron chi connectivity index (χ4n) is 5.32. The van der Waals surface area contributed by atoms with E-state index in [2.05, 4.69) is 20.6 Å². The van der Waals surface area contributed by atoms with Gasteiger partial charge < -0.3 is 39.5 Å². The van der Waals surface area contributed by atoms with Crippen molar-refractivity contribution in [3.63, 3.8) is 0 Å². The van der Waals surface area contributed by atoms with Crippen molar-refractivity contribution >= 4 is 28.8 Å². The van der Waals surface area contributed by atoms with Crippen LogP contribution in [0.15, 0.2) is 54.6 Å². The van der Waals surface area contributed by atoms with Gasteiger partial charge >= 0.3 is 6.18 Å². The zero-order valence-corrected chi connectivity index (χ0v) is 24.6. The SMILES string of the molecule is COc1ccc2cc1OCC(=O)NCc1ccc(c(OC)c1)O[C@H]1CN(C(=O)c3ccc4nc(C(F)(F)F)[nH]c4c3)C[C@@H]1NC2=O. The topological polar surface area (TPSA) is 144 Å². The molecule has 240 valence electrons. The summed E-state index contributed by atoms with van der Waals surface area (Å²) in [4.78, 5) is 46.8. The number of methoxy groups -OCH3 is 2. The lowest BCUT2D eigenvalue weighted by atomic mass is 10.1. The van der Waals surface area contributed by atoms with E-state index in [1.165, 1.54) is 55.5 Å². The van der Waals surface area contributed by atoms with E-state index in [1.54, 1.807) is 18.2 Å². The summed E-state index contributed by atoms with van der Waals surface area (Å²) in [6, 6.07) is 12.9. The number of alkyl halides is 3. The van der Waals surface area contributed by atoms with Gasteiger partial charge in [-0.05, 0) is 54.1 Å². The van der Waals surface area contributed by atoms with E-state index in [0.717, 1.165) is 5.56 Å². The summed E-state index contributed by atoms with van der Waals surface area (Å²) in [6.07, 6.45) is -5.42. The number of hydrogen-bond donors (Lipinski definition) is 3. The van der Waals surface area contributed by atoms with Crippen LogP contribution in [0, 0.1) is 0 Å². The number of likely N-dealkylation sites (tertiary alicyclic amines) is 1. The van der Waals surface area contributed by atoms with Gasteiger partial charge in [0.15, 0.2) is 29.6 Å². The van der Waals surface area contributed by atoms with Gasteiger partial charge in [0, 0.05) is 24.2 Å². The molecule has 7 rings (SSSR count). The van der Waals surface area contributed by atoms with Gasteiger partial charge in [0.1, 0.15) is 6.10 Å². The molecule has 2 atom stereocenters. The van der Waals surface area contributed by atoms with Crippen LogP contribution in [0.2, 0.25) is 0 Å². The number of rotatable bonds is 3. The van der Waals surface area contributed by atoms with E-state index < -0.39 is 41.9 Å². The summed E-state index contributed by atoms with van der Waals surface area (Å²) >= 11 is 0. The third-order valence-corrected chi connectivity index (χ3v) is 7.65. The van der Waals surface area contributed by atoms with Crippen LogP contribution in [0.4, 0.5) is 13.2 Å². The van der Waals surface area contributed by atoms with E-state index >= 15 is 0 Å². The molecule has 12 nitrogen and oxygen atoms in total. The van der Waals surface area contributed by atoms with E-state index in [0.29, 0.717) is 17.2 Å². The molecule has 3 aliphatic heterocycles. The molecule has 3 amide bonds. The highest BCUT2D eigenvalue weighted by atomic mass is 19.4.